The molecule has 1 atom stereocenters. The highest BCUT2D eigenvalue weighted by molar-refractivity contribution is 5.96. The van der Waals surface area contributed by atoms with Gasteiger partial charge in [0.15, 0.2) is 0 Å². The van der Waals surface area contributed by atoms with Gasteiger partial charge in [0.25, 0.3) is 0 Å². The Morgan fingerprint density at radius 3 is 3.04 bits per heavy atom. The van der Waals surface area contributed by atoms with Gasteiger partial charge in [0.2, 0.25) is 5.95 Å². The average molecular weight is 334 g/mol. The number of hydrogen-bond donors (Lipinski definition) is 2. The zero-order chi connectivity index (χ0) is 17.2. The van der Waals surface area contributed by atoms with Crippen LogP contribution in [0.2, 0.25) is 0 Å². The molecular formula is C18H18N6O. The molecule has 2 N–H and O–H groups in total. The van der Waals surface area contributed by atoms with E-state index >= 15 is 0 Å². The molecule has 0 aliphatic heterocycles. The molecular weight excluding hydrogens is 316 g/mol. The Balaban J connectivity index is 1.70. The van der Waals surface area contributed by atoms with Crippen molar-refractivity contribution in [3.63, 3.8) is 0 Å². The Labute approximate surface area is 144 Å². The predicted molar refractivity (Wildman–Crippen MR) is 97.4 cm³/mol. The fourth-order valence-corrected chi connectivity index (χ4v) is 2.88. The summed E-state index contributed by atoms with van der Waals surface area (Å²) in [6.07, 6.45) is 7.16. The maximum absolute atomic E-state index is 5.12. The first-order chi connectivity index (χ1) is 12.2. The van der Waals surface area contributed by atoms with Crippen LogP contribution in [0.25, 0.3) is 33.1 Å². The molecule has 3 heterocycles. The van der Waals surface area contributed by atoms with Crippen LogP contribution >= 0.6 is 0 Å². The van der Waals surface area contributed by atoms with Gasteiger partial charge in [0, 0.05) is 48.1 Å². The lowest BCUT2D eigenvalue weighted by Gasteiger charge is -2.12. The van der Waals surface area contributed by atoms with Gasteiger partial charge < -0.3 is 15.0 Å². The topological polar surface area (TPSA) is 88.6 Å². The van der Waals surface area contributed by atoms with Crippen LogP contribution in [0.5, 0.6) is 0 Å². The van der Waals surface area contributed by atoms with Crippen molar-refractivity contribution >= 4 is 27.9 Å². The van der Waals surface area contributed by atoms with Crippen LogP contribution in [0, 0.1) is 0 Å². The van der Waals surface area contributed by atoms with Crippen LogP contribution in [0.15, 0.2) is 43.1 Å². The largest absolute Gasteiger partial charge is 0.383 e. The lowest BCUT2D eigenvalue weighted by Crippen LogP contribution is -2.22. The van der Waals surface area contributed by atoms with Crippen molar-refractivity contribution in [2.24, 2.45) is 0 Å². The lowest BCUT2D eigenvalue weighted by molar-refractivity contribution is 0.190. The minimum absolute atomic E-state index is 0.136. The monoisotopic (exact) mass is 334 g/mol. The van der Waals surface area contributed by atoms with E-state index in [0.717, 1.165) is 33.1 Å². The number of aromatic amines is 1. The van der Waals surface area contributed by atoms with E-state index in [1.807, 2.05) is 37.6 Å². The molecule has 0 amide bonds. The lowest BCUT2D eigenvalue weighted by atomic mass is 10.0. The van der Waals surface area contributed by atoms with Gasteiger partial charge in [-0.15, -0.1) is 0 Å². The minimum Gasteiger partial charge on any atom is -0.383 e. The van der Waals surface area contributed by atoms with Gasteiger partial charge in [0.05, 0.1) is 12.1 Å². The summed E-state index contributed by atoms with van der Waals surface area (Å²) in [6, 6.07) is 6.25. The number of H-pyrrole nitrogens is 1. The van der Waals surface area contributed by atoms with Gasteiger partial charge in [-0.25, -0.2) is 15.0 Å². The number of benzene rings is 1. The van der Waals surface area contributed by atoms with E-state index in [1.54, 1.807) is 13.4 Å². The number of methoxy groups -OCH3 is 1. The van der Waals surface area contributed by atoms with Crippen molar-refractivity contribution in [1.29, 1.82) is 0 Å². The summed E-state index contributed by atoms with van der Waals surface area (Å²) >= 11 is 0. The van der Waals surface area contributed by atoms with Gasteiger partial charge in [0.1, 0.15) is 12.0 Å². The first kappa shape index (κ1) is 15.5. The number of rotatable bonds is 5. The molecule has 3 aromatic heterocycles. The smallest absolute Gasteiger partial charge is 0.224 e. The third-order valence-corrected chi connectivity index (χ3v) is 4.04. The second-order valence-electron chi connectivity index (χ2n) is 5.96. The molecule has 4 aromatic rings. The number of aromatic nitrogens is 5. The predicted octanol–water partition coefficient (Wildman–Crippen LogP) is 3.01. The fourth-order valence-electron chi connectivity index (χ4n) is 2.88. The van der Waals surface area contributed by atoms with Crippen LogP contribution in [0.3, 0.4) is 0 Å². The van der Waals surface area contributed by atoms with E-state index in [4.69, 9.17) is 4.74 Å². The number of nitrogens with one attached hydrogen (secondary N) is 2. The van der Waals surface area contributed by atoms with Crippen LogP contribution < -0.4 is 5.32 Å². The number of ether oxygens (including phenoxy) is 1. The van der Waals surface area contributed by atoms with Crippen molar-refractivity contribution < 1.29 is 4.74 Å². The Bertz CT molecular complexity index is 1030. The summed E-state index contributed by atoms with van der Waals surface area (Å²) < 4.78 is 5.12. The average Bonchev–Trinajstić information content (AvgIpc) is 3.04. The summed E-state index contributed by atoms with van der Waals surface area (Å²) in [5.41, 5.74) is 3.85. The Morgan fingerprint density at radius 2 is 2.16 bits per heavy atom. The molecule has 7 heteroatoms. The molecule has 0 saturated carbocycles. The highest BCUT2D eigenvalue weighted by Crippen LogP contribution is 2.29. The molecule has 7 nitrogen and oxygen atoms in total. The Morgan fingerprint density at radius 1 is 1.24 bits per heavy atom. The van der Waals surface area contributed by atoms with Crippen LogP contribution in [0.4, 0.5) is 5.95 Å². The molecule has 0 aliphatic carbocycles. The summed E-state index contributed by atoms with van der Waals surface area (Å²) in [5, 5.41) is 5.20. The van der Waals surface area contributed by atoms with Gasteiger partial charge in [-0.3, -0.25) is 0 Å². The highest BCUT2D eigenvalue weighted by Gasteiger charge is 2.11. The van der Waals surface area contributed by atoms with Crippen LogP contribution in [-0.2, 0) is 4.74 Å². The number of nitrogens with zero attached hydrogens (tertiary/aromatic N) is 4. The quantitative estimate of drug-likeness (QED) is 0.583. The SMILES string of the molecule is COC[C@H](C)Nc1ncc2c(-c3ccc4ncncc4c3)c[nH]c2n1. The molecule has 0 aliphatic rings. The van der Waals surface area contributed by atoms with Crippen molar-refractivity contribution in [3.05, 3.63) is 43.1 Å². The first-order valence-electron chi connectivity index (χ1n) is 8.04. The zero-order valence-corrected chi connectivity index (χ0v) is 14.0. The van der Waals surface area contributed by atoms with E-state index in [9.17, 15) is 0 Å². The van der Waals surface area contributed by atoms with E-state index in [1.165, 1.54) is 0 Å². The molecule has 0 saturated heterocycles. The summed E-state index contributed by atoms with van der Waals surface area (Å²) in [7, 11) is 1.67. The first-order valence-corrected chi connectivity index (χ1v) is 8.04. The van der Waals surface area contributed by atoms with Gasteiger partial charge in [-0.05, 0) is 24.6 Å². The summed E-state index contributed by atoms with van der Waals surface area (Å²) in [4.78, 5) is 20.5. The Kier molecular flexibility index (Phi) is 3.99. The molecule has 126 valence electrons. The molecule has 0 spiro atoms. The van der Waals surface area contributed by atoms with E-state index in [0.29, 0.717) is 12.6 Å². The van der Waals surface area contributed by atoms with Gasteiger partial charge in [-0.1, -0.05) is 6.07 Å². The molecule has 4 rings (SSSR count). The standard InChI is InChI=1S/C18H18N6O/c1-11(9-25-2)23-18-21-8-15-14(7-20-17(15)24-18)12-3-4-16-13(5-12)6-19-10-22-16/h3-8,10-11H,9H2,1-2H3,(H2,20,21,23,24)/t11-/m0/s1. The Hall–Kier alpha value is -3.06. The van der Waals surface area contributed by atoms with Crippen molar-refractivity contribution in [3.8, 4) is 11.1 Å². The van der Waals surface area contributed by atoms with E-state index in [2.05, 4.69) is 36.3 Å². The zero-order valence-electron chi connectivity index (χ0n) is 14.0. The highest BCUT2D eigenvalue weighted by atomic mass is 16.5. The number of fused-ring (bicyclic) bond motifs is 2. The van der Waals surface area contributed by atoms with Crippen molar-refractivity contribution in [2.45, 2.75) is 13.0 Å². The molecule has 0 radical (unpaired) electrons. The van der Waals surface area contributed by atoms with Crippen LogP contribution in [0.1, 0.15) is 6.92 Å². The minimum atomic E-state index is 0.136. The molecule has 0 fully saturated rings. The van der Waals surface area contributed by atoms with Crippen molar-refractivity contribution in [1.82, 2.24) is 24.9 Å². The van der Waals surface area contributed by atoms with Crippen molar-refractivity contribution in [2.75, 3.05) is 19.0 Å². The third kappa shape index (κ3) is 3.01. The van der Waals surface area contributed by atoms with Gasteiger partial charge in [-0.2, -0.15) is 4.98 Å². The summed E-state index contributed by atoms with van der Waals surface area (Å²) in [5.74, 6) is 0.581. The normalized spacial score (nSPS) is 12.6. The summed E-state index contributed by atoms with van der Waals surface area (Å²) in [6.45, 7) is 2.62. The van der Waals surface area contributed by atoms with Crippen LogP contribution in [-0.4, -0.2) is 44.7 Å². The van der Waals surface area contributed by atoms with E-state index < -0.39 is 0 Å². The maximum Gasteiger partial charge on any atom is 0.224 e. The van der Waals surface area contributed by atoms with E-state index in [-0.39, 0.29) is 6.04 Å². The molecule has 25 heavy (non-hydrogen) atoms. The second-order valence-corrected chi connectivity index (χ2v) is 5.96. The third-order valence-electron chi connectivity index (χ3n) is 4.04. The number of anilines is 1. The molecule has 0 bridgehead atoms. The maximum atomic E-state index is 5.12. The number of hydrogen-bond acceptors (Lipinski definition) is 6. The van der Waals surface area contributed by atoms with Gasteiger partial charge >= 0.3 is 0 Å². The fraction of sp³-hybridized carbons (Fsp3) is 0.222. The second kappa shape index (κ2) is 6.45. The molecule has 1 aromatic carbocycles. The molecule has 0 unspecified atom stereocenters.